The number of hydrogen-bond donors (Lipinski definition) is 0. The van der Waals surface area contributed by atoms with E-state index in [0.717, 1.165) is 133 Å². The van der Waals surface area contributed by atoms with Crippen molar-refractivity contribution in [3.05, 3.63) is 255 Å². The monoisotopic (exact) mass is 1780 g/mol. The van der Waals surface area contributed by atoms with Crippen molar-refractivity contribution in [2.75, 3.05) is 84.2 Å². The van der Waals surface area contributed by atoms with Gasteiger partial charge in [0.05, 0.1) is 144 Å². The highest BCUT2D eigenvalue weighted by atomic mass is 31.2. The molecule has 3 heterocycles. The van der Waals surface area contributed by atoms with Crippen molar-refractivity contribution < 1.29 is 81.7 Å². The van der Waals surface area contributed by atoms with E-state index in [2.05, 4.69) is 164 Å². The average molecular weight is 1790 g/mol. The summed E-state index contributed by atoms with van der Waals surface area (Å²) in [5.74, 6) is 0. The fourth-order valence-corrected chi connectivity index (χ4v) is 25.9. The third kappa shape index (κ3) is 17.4. The Labute approximate surface area is 723 Å². The van der Waals surface area contributed by atoms with Crippen LogP contribution in [0.4, 0.5) is 17.1 Å². The molecule has 0 bridgehead atoms. The number of benzene rings is 12. The Balaban J connectivity index is 0.789. The van der Waals surface area contributed by atoms with Gasteiger partial charge in [0.15, 0.2) is 0 Å². The average Bonchev–Trinajstić information content (AvgIpc) is 1.59. The van der Waals surface area contributed by atoms with Gasteiger partial charge in [-0.25, -0.2) is 0 Å². The zero-order valence-electron chi connectivity index (χ0n) is 71.6. The van der Waals surface area contributed by atoms with Crippen molar-refractivity contribution in [1.29, 1.82) is 0 Å². The molecule has 0 atom stereocenters. The molecule has 22 nitrogen and oxygen atoms in total. The lowest BCUT2D eigenvalue weighted by atomic mass is 10.0. The van der Waals surface area contributed by atoms with E-state index in [1.165, 1.54) is 0 Å². The van der Waals surface area contributed by atoms with E-state index in [9.17, 15) is 27.4 Å². The molecule has 0 saturated heterocycles. The van der Waals surface area contributed by atoms with Crippen LogP contribution in [0.1, 0.15) is 83.1 Å². The van der Waals surface area contributed by atoms with Crippen LogP contribution >= 0.6 is 45.6 Å². The van der Waals surface area contributed by atoms with E-state index >= 15 is 0 Å². The maximum atomic E-state index is 14.3. The lowest BCUT2D eigenvalue weighted by molar-refractivity contribution is 0.229. The van der Waals surface area contributed by atoms with Gasteiger partial charge in [-0.3, -0.25) is 27.4 Å². The van der Waals surface area contributed by atoms with Crippen LogP contribution in [0.5, 0.6) is 0 Å². The van der Waals surface area contributed by atoms with Gasteiger partial charge in [0.25, 0.3) is 0 Å². The van der Waals surface area contributed by atoms with Gasteiger partial charge >= 0.3 is 45.6 Å². The zero-order valence-corrected chi connectivity index (χ0v) is 76.9. The Morgan fingerprint density at radius 1 is 0.194 bits per heavy atom. The van der Waals surface area contributed by atoms with E-state index in [1.807, 2.05) is 72.8 Å². The number of anilines is 3. The predicted octanol–water partition coefficient (Wildman–Crippen LogP) is 24.8. The van der Waals surface area contributed by atoms with Crippen molar-refractivity contribution in [1.82, 2.24) is 13.7 Å². The number of rotatable bonds is 39. The minimum atomic E-state index is -3.72. The van der Waals surface area contributed by atoms with Crippen molar-refractivity contribution >= 4 is 160 Å². The molecule has 0 spiro atoms. The molecule has 0 amide bonds. The van der Waals surface area contributed by atoms with Crippen molar-refractivity contribution in [2.24, 2.45) is 0 Å². The fourth-order valence-electron chi connectivity index (χ4n) is 16.3. The van der Waals surface area contributed by atoms with Crippen LogP contribution in [0.2, 0.25) is 0 Å². The van der Waals surface area contributed by atoms with Gasteiger partial charge in [-0.2, -0.15) is 0 Å². The number of aromatic nitrogens is 3. The molecule has 0 aliphatic rings. The molecular weight excluding hydrogens is 1680 g/mol. The van der Waals surface area contributed by atoms with Gasteiger partial charge in [0.1, 0.15) is 0 Å². The highest BCUT2D eigenvalue weighted by Gasteiger charge is 2.36. The third-order valence-electron chi connectivity index (χ3n) is 21.4. The first-order valence-electron chi connectivity index (χ1n) is 42.1. The van der Waals surface area contributed by atoms with E-state index in [4.69, 9.17) is 54.3 Å². The van der Waals surface area contributed by atoms with Crippen LogP contribution in [-0.2, 0) is 81.7 Å². The summed E-state index contributed by atoms with van der Waals surface area (Å²) in [6.45, 7) is 23.6. The molecule has 12 aromatic carbocycles. The van der Waals surface area contributed by atoms with E-state index in [1.54, 1.807) is 119 Å². The summed E-state index contributed by atoms with van der Waals surface area (Å²) >= 11 is 0. The Hall–Kier alpha value is -9.26. The van der Waals surface area contributed by atoms with Crippen LogP contribution in [0, 0.1) is 0 Å². The maximum absolute atomic E-state index is 14.3. The first-order chi connectivity index (χ1) is 60.1. The quantitative estimate of drug-likeness (QED) is 0.0326. The number of fused-ring (bicyclic) bond motifs is 9. The lowest BCUT2D eigenvalue weighted by Crippen LogP contribution is -2.11. The first kappa shape index (κ1) is 89.6. The maximum Gasteiger partial charge on any atom is 0.361 e. The lowest BCUT2D eigenvalue weighted by Gasteiger charge is -2.26. The van der Waals surface area contributed by atoms with Crippen LogP contribution in [-0.4, -0.2) is 93.0 Å². The van der Waals surface area contributed by atoms with Gasteiger partial charge in [-0.15, -0.1) is 0 Å². The zero-order chi connectivity index (χ0) is 87.3. The second-order valence-electron chi connectivity index (χ2n) is 28.8. The van der Waals surface area contributed by atoms with Crippen LogP contribution in [0.15, 0.2) is 255 Å². The van der Waals surface area contributed by atoms with Gasteiger partial charge in [0.2, 0.25) is 0 Å². The molecule has 644 valence electrons. The Morgan fingerprint density at radius 2 is 0.331 bits per heavy atom. The molecular formula is C96H102N4O18P6. The summed E-state index contributed by atoms with van der Waals surface area (Å²) in [4.78, 5) is 2.24. The minimum absolute atomic E-state index is 0.181. The van der Waals surface area contributed by atoms with E-state index in [-0.39, 0.29) is 79.3 Å². The second-order valence-corrected chi connectivity index (χ2v) is 41.0. The predicted molar refractivity (Wildman–Crippen MR) is 503 cm³/mol. The van der Waals surface area contributed by atoms with Crippen LogP contribution < -0.4 is 36.7 Å². The molecule has 124 heavy (non-hydrogen) atoms. The molecule has 0 unspecified atom stereocenters. The second kappa shape index (κ2) is 38.1. The van der Waals surface area contributed by atoms with Crippen LogP contribution in [0.25, 0.3) is 116 Å². The summed E-state index contributed by atoms with van der Waals surface area (Å²) < 4.78 is 162. The summed E-state index contributed by atoms with van der Waals surface area (Å²) in [5.41, 5.74) is 16.0. The topological polar surface area (TPSA) is 231 Å². The number of hydrogen-bond acceptors (Lipinski definition) is 19. The summed E-state index contributed by atoms with van der Waals surface area (Å²) in [6, 6.07) is 83.9. The highest BCUT2D eigenvalue weighted by Crippen LogP contribution is 2.55. The normalized spacial score (nSPS) is 12.7. The minimum Gasteiger partial charge on any atom is -0.311 e. The van der Waals surface area contributed by atoms with E-state index < -0.39 is 45.6 Å². The summed E-state index contributed by atoms with van der Waals surface area (Å²) in [5, 5.41) is 6.93. The summed E-state index contributed by atoms with van der Waals surface area (Å²) in [7, 11) is -22.3. The van der Waals surface area contributed by atoms with Gasteiger partial charge < -0.3 is 72.9 Å². The Kier molecular flexibility index (Phi) is 27.5. The van der Waals surface area contributed by atoms with Crippen LogP contribution in [0.3, 0.4) is 0 Å². The largest absolute Gasteiger partial charge is 0.361 e. The van der Waals surface area contributed by atoms with Crippen molar-refractivity contribution in [2.45, 2.75) is 83.1 Å². The van der Waals surface area contributed by atoms with E-state index in [0.29, 0.717) is 31.8 Å². The molecule has 0 fully saturated rings. The Bertz CT molecular complexity index is 5760. The highest BCUT2D eigenvalue weighted by molar-refractivity contribution is 7.64. The molecule has 0 radical (unpaired) electrons. The van der Waals surface area contributed by atoms with Gasteiger partial charge in [0, 0.05) is 66.4 Å². The SMILES string of the molecule is CCOP(=O)(OCC)c1ccc2c(c1)c1cc(P(=O)(OCC)OCC)ccc1n2-c1ccc(-c2ccc(N(c3ccc(-c4ccc(-n5c6ccc(P(=O)(OCC)OCC)cc6c6cc(P(=O)(OCC)OCC)ccc65)cc4)cc3)c3ccc(-c4ccc(-n5c6ccc(P(=O)(OCC)OCC)cc6c6cc(P(=O)(OCC)OCC)ccc65)cc4)cc3)cc2)cc1. The molecule has 0 N–H and O–H groups in total. The fraction of sp³-hybridized carbons (Fsp3) is 0.250. The smallest absolute Gasteiger partial charge is 0.311 e. The molecule has 0 aliphatic heterocycles. The molecule has 3 aromatic heterocycles. The molecule has 0 aliphatic carbocycles. The van der Waals surface area contributed by atoms with Gasteiger partial charge in [-0.1, -0.05) is 72.8 Å². The Morgan fingerprint density at radius 3 is 0.468 bits per heavy atom. The molecule has 15 aromatic rings. The standard InChI is InChI=1S/C96H102N4O18P6/c1-13-107-119(101,108-14-2)79-49-55-91-85(61-79)86-62-80(120(102,109-15-3)110-16-4)50-56-92(86)98(91)76-43-31-70(32-44-76)67-25-37-73(38-26-67)97(74-39-27-68(28-40-74)71-33-45-77(46-34-71)99-93-57-51-81(121(103,111-17-5)112-18-6)63-87(93)88-64-82(52-58-94(88)99)122(104,113-19-7)114-20-8)75-41-29-69(30-42-75)72-35-47-78(48-36-72)100-95-59-53-83(123(105,115-21-9)116-22-10)65-89(95)90-66-84(54-60-96(90)100)124(106,117-23-11)118-24-12/h25-66H,13-24H2,1-12H3. The van der Waals surface area contributed by atoms with Gasteiger partial charge in [-0.05, 0) is 298 Å². The number of nitrogens with zero attached hydrogens (tertiary/aromatic N) is 4. The van der Waals surface area contributed by atoms with Crippen molar-refractivity contribution in [3.63, 3.8) is 0 Å². The molecule has 28 heteroatoms. The molecule has 15 rings (SSSR count). The third-order valence-corrected chi connectivity index (χ3v) is 34.1. The molecule has 0 saturated carbocycles. The summed E-state index contributed by atoms with van der Waals surface area (Å²) in [6.07, 6.45) is 0. The van der Waals surface area contributed by atoms with Crippen molar-refractivity contribution in [3.8, 4) is 50.4 Å². The first-order valence-corrected chi connectivity index (χ1v) is 51.4.